The van der Waals surface area contributed by atoms with Gasteiger partial charge in [-0.1, -0.05) is 72.3 Å². The van der Waals surface area contributed by atoms with Gasteiger partial charge in [-0.05, 0) is 73.9 Å². The van der Waals surface area contributed by atoms with Gasteiger partial charge in [-0.15, -0.1) is 0 Å². The number of fused-ring (bicyclic) bond motifs is 6. The molecule has 6 nitrogen and oxygen atoms in total. The lowest BCUT2D eigenvalue weighted by molar-refractivity contribution is -0.122. The van der Waals surface area contributed by atoms with Crippen molar-refractivity contribution in [2.24, 2.45) is 5.92 Å². The van der Waals surface area contributed by atoms with Crippen LogP contribution in [-0.2, 0) is 10.2 Å². The minimum atomic E-state index is -1.35. The molecule has 1 saturated heterocycles. The summed E-state index contributed by atoms with van der Waals surface area (Å²) < 4.78 is 5.82. The number of ketones is 2. The minimum Gasteiger partial charge on any atom is -0.491 e. The maximum Gasteiger partial charge on any atom is 0.238 e. The summed E-state index contributed by atoms with van der Waals surface area (Å²) in [5.41, 5.74) is 3.89. The number of hydrogen-bond donors (Lipinski definition) is 1. The van der Waals surface area contributed by atoms with Gasteiger partial charge in [0.25, 0.3) is 0 Å². The SMILES string of the molecule is Cc1ccc(C(=O)[C@@H]2[C@H](C(=O)c3ccc(OC(C)C)cc3)N3C=Cc4ccccc4[C@H]3[C@@]23C(=O)Nc2ccccc23)cc1. The highest BCUT2D eigenvalue weighted by Crippen LogP contribution is 2.62. The van der Waals surface area contributed by atoms with Crippen molar-refractivity contribution in [2.45, 2.75) is 44.4 Å². The van der Waals surface area contributed by atoms with Crippen LogP contribution in [0.3, 0.4) is 0 Å². The normalized spacial score (nSPS) is 23.1. The fraction of sp³-hybridized carbons (Fsp3) is 0.216. The molecule has 3 heterocycles. The maximum atomic E-state index is 14.8. The van der Waals surface area contributed by atoms with E-state index in [1.54, 1.807) is 36.4 Å². The molecule has 1 spiro atoms. The number of amides is 1. The van der Waals surface area contributed by atoms with Crippen LogP contribution in [0, 0.1) is 12.8 Å². The third-order valence-corrected chi connectivity index (χ3v) is 8.97. The molecule has 4 aromatic rings. The van der Waals surface area contributed by atoms with Crippen LogP contribution in [0.15, 0.2) is 103 Å². The highest BCUT2D eigenvalue weighted by atomic mass is 16.5. The van der Waals surface area contributed by atoms with Crippen LogP contribution < -0.4 is 10.1 Å². The quantitative estimate of drug-likeness (QED) is 0.260. The summed E-state index contributed by atoms with van der Waals surface area (Å²) in [7, 11) is 0. The van der Waals surface area contributed by atoms with Crippen LogP contribution in [0.4, 0.5) is 5.69 Å². The summed E-state index contributed by atoms with van der Waals surface area (Å²) in [6.07, 6.45) is 3.86. The number of nitrogens with one attached hydrogen (secondary N) is 1. The topological polar surface area (TPSA) is 75.7 Å². The number of benzene rings is 4. The molecule has 1 amide bonds. The van der Waals surface area contributed by atoms with Gasteiger partial charge in [-0.2, -0.15) is 0 Å². The summed E-state index contributed by atoms with van der Waals surface area (Å²) in [5, 5.41) is 3.09. The predicted octanol–water partition coefficient (Wildman–Crippen LogP) is 6.76. The monoisotopic (exact) mass is 568 g/mol. The van der Waals surface area contributed by atoms with E-state index < -0.39 is 23.4 Å². The molecular weight excluding hydrogens is 536 g/mol. The van der Waals surface area contributed by atoms with Gasteiger partial charge in [0.15, 0.2) is 11.6 Å². The van der Waals surface area contributed by atoms with Gasteiger partial charge >= 0.3 is 0 Å². The van der Waals surface area contributed by atoms with Gasteiger partial charge in [-0.3, -0.25) is 14.4 Å². The lowest BCUT2D eigenvalue weighted by atomic mass is 9.62. The first-order valence-corrected chi connectivity index (χ1v) is 14.7. The molecule has 0 saturated carbocycles. The molecule has 0 bridgehead atoms. The molecular formula is C37H32N2O4. The molecule has 0 unspecified atom stereocenters. The molecule has 1 N–H and O–H groups in total. The molecule has 214 valence electrons. The second kappa shape index (κ2) is 10.1. The summed E-state index contributed by atoms with van der Waals surface area (Å²) in [5.74, 6) is -1.06. The summed E-state index contributed by atoms with van der Waals surface area (Å²) in [6, 6.07) is 28.4. The first kappa shape index (κ1) is 26.9. The predicted molar refractivity (Wildman–Crippen MR) is 166 cm³/mol. The Kier molecular flexibility index (Phi) is 6.31. The van der Waals surface area contributed by atoms with E-state index in [9.17, 15) is 14.4 Å². The average molecular weight is 569 g/mol. The van der Waals surface area contributed by atoms with Crippen molar-refractivity contribution < 1.29 is 19.1 Å². The second-order valence-corrected chi connectivity index (χ2v) is 11.9. The van der Waals surface area contributed by atoms with E-state index >= 15 is 0 Å². The Balaban J connectivity index is 1.47. The smallest absolute Gasteiger partial charge is 0.238 e. The molecule has 0 radical (unpaired) electrons. The molecule has 4 atom stereocenters. The van der Waals surface area contributed by atoms with Crippen LogP contribution in [0.25, 0.3) is 6.08 Å². The minimum absolute atomic E-state index is 0.00647. The van der Waals surface area contributed by atoms with Crippen LogP contribution >= 0.6 is 0 Å². The third kappa shape index (κ3) is 4.04. The Morgan fingerprint density at radius 3 is 2.23 bits per heavy atom. The van der Waals surface area contributed by atoms with Crippen molar-refractivity contribution >= 4 is 29.2 Å². The van der Waals surface area contributed by atoms with E-state index in [2.05, 4.69) is 5.32 Å². The van der Waals surface area contributed by atoms with Crippen molar-refractivity contribution in [3.05, 3.63) is 137 Å². The van der Waals surface area contributed by atoms with E-state index in [1.165, 1.54) is 0 Å². The molecule has 7 rings (SSSR count). The lowest BCUT2D eigenvalue weighted by Crippen LogP contribution is -2.49. The highest BCUT2D eigenvalue weighted by molar-refractivity contribution is 6.16. The van der Waals surface area contributed by atoms with E-state index in [0.29, 0.717) is 22.6 Å². The molecule has 3 aliphatic rings. The van der Waals surface area contributed by atoms with Crippen LogP contribution in [0.2, 0.25) is 0 Å². The zero-order valence-electron chi connectivity index (χ0n) is 24.3. The van der Waals surface area contributed by atoms with E-state index in [0.717, 1.165) is 22.3 Å². The van der Waals surface area contributed by atoms with Crippen molar-refractivity contribution in [2.75, 3.05) is 5.32 Å². The molecule has 43 heavy (non-hydrogen) atoms. The number of anilines is 1. The first-order valence-electron chi connectivity index (χ1n) is 14.7. The number of carbonyl (C=O) groups is 3. The Bertz CT molecular complexity index is 1790. The fourth-order valence-electron chi connectivity index (χ4n) is 7.21. The number of Topliss-reactive ketones (excluding diaryl/α,β-unsaturated/α-hetero) is 2. The van der Waals surface area contributed by atoms with Crippen molar-refractivity contribution in [3.8, 4) is 5.75 Å². The molecule has 3 aliphatic heterocycles. The van der Waals surface area contributed by atoms with Crippen molar-refractivity contribution in [1.29, 1.82) is 0 Å². The summed E-state index contributed by atoms with van der Waals surface area (Å²) >= 11 is 0. The number of carbonyl (C=O) groups excluding carboxylic acids is 3. The van der Waals surface area contributed by atoms with Gasteiger partial charge < -0.3 is 15.0 Å². The first-order chi connectivity index (χ1) is 20.8. The molecule has 0 aliphatic carbocycles. The highest BCUT2D eigenvalue weighted by Gasteiger charge is 2.70. The maximum absolute atomic E-state index is 14.8. The standard InChI is InChI=1S/C37H32N2O4/c1-22(2)43-27-18-16-26(17-19-27)34(41)32-31(33(40)25-14-12-23(3)13-15-25)37(29-10-6-7-11-30(29)38-36(37)42)35-28-9-5-4-8-24(28)20-21-39(32)35/h4-22,31-32,35H,1-3H3,(H,38,42)/t31-,32+,35-,37-/m0/s1. The Morgan fingerprint density at radius 2 is 1.49 bits per heavy atom. The average Bonchev–Trinajstić information content (AvgIpc) is 3.49. The number of hydrogen-bond acceptors (Lipinski definition) is 5. The molecule has 0 aromatic heterocycles. The molecule has 4 aromatic carbocycles. The van der Waals surface area contributed by atoms with Gasteiger partial charge in [0, 0.05) is 23.0 Å². The van der Waals surface area contributed by atoms with Gasteiger partial charge in [-0.25, -0.2) is 0 Å². The largest absolute Gasteiger partial charge is 0.491 e. The zero-order valence-corrected chi connectivity index (χ0v) is 24.3. The van der Waals surface area contributed by atoms with Gasteiger partial charge in [0.2, 0.25) is 5.91 Å². The Hall–Kier alpha value is -4.97. The Morgan fingerprint density at radius 1 is 0.837 bits per heavy atom. The molecule has 6 heteroatoms. The van der Waals surface area contributed by atoms with Crippen molar-refractivity contribution in [3.63, 3.8) is 0 Å². The summed E-state index contributed by atoms with van der Waals surface area (Å²) in [6.45, 7) is 5.86. The van der Waals surface area contributed by atoms with Crippen LogP contribution in [0.5, 0.6) is 5.75 Å². The van der Waals surface area contributed by atoms with Crippen LogP contribution in [0.1, 0.15) is 62.9 Å². The third-order valence-electron chi connectivity index (χ3n) is 8.97. The number of para-hydroxylation sites is 1. The van der Waals surface area contributed by atoms with E-state index in [-0.39, 0.29) is 23.6 Å². The number of rotatable bonds is 6. The van der Waals surface area contributed by atoms with Crippen LogP contribution in [-0.4, -0.2) is 34.5 Å². The number of ether oxygens (including phenoxy) is 1. The van der Waals surface area contributed by atoms with Gasteiger partial charge in [0.1, 0.15) is 17.2 Å². The Labute approximate surface area is 251 Å². The zero-order chi connectivity index (χ0) is 29.9. The number of nitrogens with zero attached hydrogens (tertiary/aromatic N) is 1. The van der Waals surface area contributed by atoms with E-state index in [4.69, 9.17) is 4.74 Å². The number of aryl methyl sites for hydroxylation is 1. The van der Waals surface area contributed by atoms with Crippen molar-refractivity contribution in [1.82, 2.24) is 4.90 Å². The second-order valence-electron chi connectivity index (χ2n) is 11.9. The molecule has 1 fully saturated rings. The lowest BCUT2D eigenvalue weighted by Gasteiger charge is -2.38. The fourth-order valence-corrected chi connectivity index (χ4v) is 7.21. The summed E-state index contributed by atoms with van der Waals surface area (Å²) in [4.78, 5) is 46.0. The van der Waals surface area contributed by atoms with Gasteiger partial charge in [0.05, 0.1) is 18.1 Å². The van der Waals surface area contributed by atoms with E-state index in [1.807, 2.05) is 98.6 Å².